The summed E-state index contributed by atoms with van der Waals surface area (Å²) in [6.45, 7) is 7.49. The molecular formula is C20H23BrN2O3. The minimum Gasteiger partial charge on any atom is -0.483 e. The van der Waals surface area contributed by atoms with Crippen molar-refractivity contribution in [3.63, 3.8) is 0 Å². The standard InChI is InChI=1S/C20H23BrN2O3/c1-12(2)22-20(25)16-7-5-6-8-17(16)23-18(24)11-26-19-13(3)9-15(21)10-14(19)4/h5-10,12H,11H2,1-4H3,(H,22,25)(H,23,24). The van der Waals surface area contributed by atoms with Crippen molar-refractivity contribution in [3.05, 3.63) is 57.6 Å². The highest BCUT2D eigenvalue weighted by Crippen LogP contribution is 2.27. The molecule has 0 saturated heterocycles. The molecule has 0 radical (unpaired) electrons. The Hall–Kier alpha value is -2.34. The molecule has 0 aliphatic rings. The zero-order valence-electron chi connectivity index (χ0n) is 15.4. The van der Waals surface area contributed by atoms with Crippen LogP contribution in [-0.2, 0) is 4.79 Å². The Bertz CT molecular complexity index is 795. The Balaban J connectivity index is 2.06. The molecule has 0 unspecified atom stereocenters. The van der Waals surface area contributed by atoms with Crippen molar-refractivity contribution < 1.29 is 14.3 Å². The van der Waals surface area contributed by atoms with Crippen LogP contribution in [0.2, 0.25) is 0 Å². The third-order valence-corrected chi connectivity index (χ3v) is 4.10. The largest absolute Gasteiger partial charge is 0.483 e. The van der Waals surface area contributed by atoms with Crippen molar-refractivity contribution in [1.29, 1.82) is 0 Å². The van der Waals surface area contributed by atoms with Crippen molar-refractivity contribution in [3.8, 4) is 5.75 Å². The van der Waals surface area contributed by atoms with E-state index in [4.69, 9.17) is 4.74 Å². The maximum absolute atomic E-state index is 12.3. The number of carbonyl (C=O) groups excluding carboxylic acids is 2. The quantitative estimate of drug-likeness (QED) is 0.737. The number of carbonyl (C=O) groups is 2. The number of ether oxygens (including phenoxy) is 1. The van der Waals surface area contributed by atoms with Gasteiger partial charge in [0, 0.05) is 10.5 Å². The molecule has 2 N–H and O–H groups in total. The summed E-state index contributed by atoms with van der Waals surface area (Å²) < 4.78 is 6.66. The number of anilines is 1. The van der Waals surface area contributed by atoms with Crippen LogP contribution in [0.5, 0.6) is 5.75 Å². The maximum Gasteiger partial charge on any atom is 0.262 e. The molecule has 0 aliphatic heterocycles. The number of halogens is 1. The molecule has 0 fully saturated rings. The molecule has 2 aromatic carbocycles. The van der Waals surface area contributed by atoms with E-state index in [1.165, 1.54) is 0 Å². The van der Waals surface area contributed by atoms with Gasteiger partial charge in [0.25, 0.3) is 11.8 Å². The van der Waals surface area contributed by atoms with E-state index >= 15 is 0 Å². The fraction of sp³-hybridized carbons (Fsp3) is 0.300. The minimum absolute atomic E-state index is 0.0120. The second-order valence-corrected chi connectivity index (χ2v) is 7.29. The number of hydrogen-bond acceptors (Lipinski definition) is 3. The Labute approximate surface area is 162 Å². The van der Waals surface area contributed by atoms with Crippen LogP contribution in [0.15, 0.2) is 40.9 Å². The molecule has 0 spiro atoms. The molecular weight excluding hydrogens is 396 g/mol. The van der Waals surface area contributed by atoms with Crippen LogP contribution < -0.4 is 15.4 Å². The smallest absolute Gasteiger partial charge is 0.262 e. The van der Waals surface area contributed by atoms with Crippen molar-refractivity contribution in [1.82, 2.24) is 5.32 Å². The second-order valence-electron chi connectivity index (χ2n) is 6.38. The predicted octanol–water partition coefficient (Wildman–Crippen LogP) is 4.22. The molecule has 2 aromatic rings. The first-order valence-corrected chi connectivity index (χ1v) is 9.16. The third-order valence-electron chi connectivity index (χ3n) is 3.64. The van der Waals surface area contributed by atoms with E-state index in [-0.39, 0.29) is 24.5 Å². The molecule has 0 heterocycles. The van der Waals surface area contributed by atoms with E-state index in [0.29, 0.717) is 17.0 Å². The fourth-order valence-electron chi connectivity index (χ4n) is 2.58. The number of para-hydroxylation sites is 1. The van der Waals surface area contributed by atoms with Gasteiger partial charge < -0.3 is 15.4 Å². The Morgan fingerprint density at radius 1 is 1.12 bits per heavy atom. The lowest BCUT2D eigenvalue weighted by Crippen LogP contribution is -2.31. The van der Waals surface area contributed by atoms with Crippen molar-refractivity contribution >= 4 is 33.4 Å². The van der Waals surface area contributed by atoms with Gasteiger partial charge in [-0.25, -0.2) is 0 Å². The average molecular weight is 419 g/mol. The number of aryl methyl sites for hydroxylation is 2. The molecule has 0 aromatic heterocycles. The Kier molecular flexibility index (Phi) is 6.80. The van der Waals surface area contributed by atoms with E-state index in [9.17, 15) is 9.59 Å². The van der Waals surface area contributed by atoms with Gasteiger partial charge in [-0.05, 0) is 63.1 Å². The Morgan fingerprint density at radius 3 is 2.35 bits per heavy atom. The average Bonchev–Trinajstić information content (AvgIpc) is 2.53. The zero-order chi connectivity index (χ0) is 19.3. The highest BCUT2D eigenvalue weighted by molar-refractivity contribution is 9.10. The van der Waals surface area contributed by atoms with Gasteiger partial charge in [-0.1, -0.05) is 28.1 Å². The van der Waals surface area contributed by atoms with E-state index in [1.54, 1.807) is 24.3 Å². The van der Waals surface area contributed by atoms with E-state index in [1.807, 2.05) is 39.8 Å². The Morgan fingerprint density at radius 2 is 1.73 bits per heavy atom. The van der Waals surface area contributed by atoms with Crippen LogP contribution in [0.4, 0.5) is 5.69 Å². The lowest BCUT2D eigenvalue weighted by atomic mass is 10.1. The van der Waals surface area contributed by atoms with Gasteiger partial charge in [-0.3, -0.25) is 9.59 Å². The fourth-order valence-corrected chi connectivity index (χ4v) is 3.27. The van der Waals surface area contributed by atoms with Crippen molar-refractivity contribution in [2.45, 2.75) is 33.7 Å². The van der Waals surface area contributed by atoms with Crippen LogP contribution in [0.25, 0.3) is 0 Å². The molecule has 0 saturated carbocycles. The summed E-state index contributed by atoms with van der Waals surface area (Å²) in [6, 6.07) is 10.8. The van der Waals surface area contributed by atoms with Gasteiger partial charge in [0.1, 0.15) is 5.75 Å². The third kappa shape index (κ3) is 5.33. The van der Waals surface area contributed by atoms with Gasteiger partial charge in [0.05, 0.1) is 11.3 Å². The lowest BCUT2D eigenvalue weighted by molar-refractivity contribution is -0.118. The molecule has 2 rings (SSSR count). The summed E-state index contributed by atoms with van der Waals surface area (Å²) in [5, 5.41) is 5.58. The SMILES string of the molecule is Cc1cc(Br)cc(C)c1OCC(=O)Nc1ccccc1C(=O)NC(C)C. The number of benzene rings is 2. The topological polar surface area (TPSA) is 67.4 Å². The summed E-state index contributed by atoms with van der Waals surface area (Å²) in [4.78, 5) is 24.6. The molecule has 5 nitrogen and oxygen atoms in total. The highest BCUT2D eigenvalue weighted by atomic mass is 79.9. The van der Waals surface area contributed by atoms with Gasteiger partial charge in [0.2, 0.25) is 0 Å². The molecule has 0 aliphatic carbocycles. The molecule has 6 heteroatoms. The molecule has 0 atom stereocenters. The van der Waals surface area contributed by atoms with Crippen LogP contribution in [-0.4, -0.2) is 24.5 Å². The summed E-state index contributed by atoms with van der Waals surface area (Å²) in [6.07, 6.45) is 0. The predicted molar refractivity (Wildman–Crippen MR) is 107 cm³/mol. The molecule has 0 bridgehead atoms. The van der Waals surface area contributed by atoms with Crippen LogP contribution in [0.3, 0.4) is 0 Å². The van der Waals surface area contributed by atoms with Crippen LogP contribution in [0.1, 0.15) is 35.3 Å². The first-order chi connectivity index (χ1) is 12.3. The van der Waals surface area contributed by atoms with Crippen LogP contribution in [0, 0.1) is 13.8 Å². The van der Waals surface area contributed by atoms with Crippen LogP contribution >= 0.6 is 15.9 Å². The normalized spacial score (nSPS) is 10.5. The summed E-state index contributed by atoms with van der Waals surface area (Å²) >= 11 is 3.44. The van der Waals surface area contributed by atoms with Crippen molar-refractivity contribution in [2.75, 3.05) is 11.9 Å². The summed E-state index contributed by atoms with van der Waals surface area (Å²) in [7, 11) is 0. The molecule has 2 amide bonds. The number of rotatable bonds is 6. The maximum atomic E-state index is 12.3. The van der Waals surface area contributed by atoms with Gasteiger partial charge in [0.15, 0.2) is 6.61 Å². The number of nitrogens with one attached hydrogen (secondary N) is 2. The highest BCUT2D eigenvalue weighted by Gasteiger charge is 2.15. The number of hydrogen-bond donors (Lipinski definition) is 2. The second kappa shape index (κ2) is 8.85. The zero-order valence-corrected chi connectivity index (χ0v) is 16.9. The first-order valence-electron chi connectivity index (χ1n) is 8.37. The van der Waals surface area contributed by atoms with E-state index < -0.39 is 0 Å². The van der Waals surface area contributed by atoms with Gasteiger partial charge in [-0.15, -0.1) is 0 Å². The summed E-state index contributed by atoms with van der Waals surface area (Å²) in [5.74, 6) is 0.141. The first kappa shape index (κ1) is 20.0. The monoisotopic (exact) mass is 418 g/mol. The number of amides is 2. The van der Waals surface area contributed by atoms with Crippen molar-refractivity contribution in [2.24, 2.45) is 0 Å². The van der Waals surface area contributed by atoms with Gasteiger partial charge in [-0.2, -0.15) is 0 Å². The minimum atomic E-state index is -0.323. The molecule has 26 heavy (non-hydrogen) atoms. The molecule has 138 valence electrons. The van der Waals surface area contributed by atoms with E-state index in [0.717, 1.165) is 15.6 Å². The lowest BCUT2D eigenvalue weighted by Gasteiger charge is -2.15. The van der Waals surface area contributed by atoms with Gasteiger partial charge >= 0.3 is 0 Å². The van der Waals surface area contributed by atoms with E-state index in [2.05, 4.69) is 26.6 Å². The summed E-state index contributed by atoms with van der Waals surface area (Å²) in [5.41, 5.74) is 2.77.